The Morgan fingerprint density at radius 2 is 1.82 bits per heavy atom. The lowest BCUT2D eigenvalue weighted by Gasteiger charge is -2.19. The minimum Gasteiger partial charge on any atom is -0.497 e. The number of likely N-dealkylation sites (tertiary alicyclic amines) is 1. The zero-order chi connectivity index (χ0) is 20.1. The maximum absolute atomic E-state index is 12.7. The number of hydrogen-bond acceptors (Lipinski definition) is 3. The number of urea groups is 1. The zero-order valence-electron chi connectivity index (χ0n) is 16.6. The molecule has 1 saturated heterocycles. The number of rotatable bonds is 5. The van der Waals surface area contributed by atoms with Crippen LogP contribution in [0.2, 0.25) is 0 Å². The molecule has 2 atom stereocenters. The molecule has 6 heteroatoms. The molecule has 0 spiro atoms. The van der Waals surface area contributed by atoms with E-state index in [9.17, 15) is 9.59 Å². The molecule has 0 unspecified atom stereocenters. The van der Waals surface area contributed by atoms with Gasteiger partial charge < -0.3 is 20.3 Å². The Labute approximate surface area is 165 Å². The summed E-state index contributed by atoms with van der Waals surface area (Å²) < 4.78 is 5.22. The number of methoxy groups -OCH3 is 1. The second-order valence-corrected chi connectivity index (χ2v) is 7.18. The number of nitrogens with zero attached hydrogens (tertiary/aromatic N) is 1. The largest absolute Gasteiger partial charge is 0.497 e. The highest BCUT2D eigenvalue weighted by Gasteiger charge is 2.36. The van der Waals surface area contributed by atoms with E-state index in [-0.39, 0.29) is 23.9 Å². The Hall–Kier alpha value is -3.02. The van der Waals surface area contributed by atoms with Gasteiger partial charge in [0.1, 0.15) is 5.75 Å². The van der Waals surface area contributed by atoms with Crippen LogP contribution in [0, 0.1) is 6.92 Å². The molecule has 2 aromatic carbocycles. The average molecular weight is 381 g/mol. The Morgan fingerprint density at radius 1 is 1.11 bits per heavy atom. The lowest BCUT2D eigenvalue weighted by atomic mass is 9.94. The van der Waals surface area contributed by atoms with Gasteiger partial charge in [-0.15, -0.1) is 0 Å². The van der Waals surface area contributed by atoms with Crippen molar-refractivity contribution in [1.29, 1.82) is 0 Å². The van der Waals surface area contributed by atoms with Gasteiger partial charge in [0.15, 0.2) is 0 Å². The van der Waals surface area contributed by atoms with Crippen LogP contribution in [0.3, 0.4) is 0 Å². The van der Waals surface area contributed by atoms with Gasteiger partial charge in [0.25, 0.3) is 0 Å². The van der Waals surface area contributed by atoms with Crippen molar-refractivity contribution in [2.75, 3.05) is 20.2 Å². The van der Waals surface area contributed by atoms with Crippen LogP contribution in [-0.4, -0.2) is 43.1 Å². The third kappa shape index (κ3) is 4.63. The van der Waals surface area contributed by atoms with Gasteiger partial charge in [-0.2, -0.15) is 0 Å². The van der Waals surface area contributed by atoms with Gasteiger partial charge >= 0.3 is 6.03 Å². The topological polar surface area (TPSA) is 70.7 Å². The molecular weight excluding hydrogens is 354 g/mol. The van der Waals surface area contributed by atoms with Gasteiger partial charge in [-0.1, -0.05) is 36.4 Å². The SMILES string of the molecule is COc1ccc([C@@H]2CN(C(=O)NCc3ccccc3C)C[C@H]2NC(C)=O)cc1. The van der Waals surface area contributed by atoms with E-state index in [0.717, 1.165) is 22.4 Å². The molecule has 2 N–H and O–H groups in total. The van der Waals surface area contributed by atoms with Gasteiger partial charge in [0, 0.05) is 32.5 Å². The molecule has 1 aliphatic rings. The van der Waals surface area contributed by atoms with Crippen molar-refractivity contribution in [2.24, 2.45) is 0 Å². The van der Waals surface area contributed by atoms with E-state index in [1.54, 1.807) is 12.0 Å². The number of hydrogen-bond donors (Lipinski definition) is 2. The molecule has 0 saturated carbocycles. The van der Waals surface area contributed by atoms with Crippen molar-refractivity contribution >= 4 is 11.9 Å². The van der Waals surface area contributed by atoms with Crippen LogP contribution in [0.5, 0.6) is 5.75 Å². The Bertz CT molecular complexity index is 835. The number of benzene rings is 2. The summed E-state index contributed by atoms with van der Waals surface area (Å²) >= 11 is 0. The normalized spacial score (nSPS) is 18.6. The number of ether oxygens (including phenoxy) is 1. The predicted molar refractivity (Wildman–Crippen MR) is 108 cm³/mol. The molecule has 3 amide bonds. The summed E-state index contributed by atoms with van der Waals surface area (Å²) in [6, 6.07) is 15.6. The average Bonchev–Trinajstić information content (AvgIpc) is 3.10. The van der Waals surface area contributed by atoms with E-state index in [2.05, 4.69) is 10.6 Å². The summed E-state index contributed by atoms with van der Waals surface area (Å²) in [5, 5.41) is 5.99. The molecule has 1 heterocycles. The van der Waals surface area contributed by atoms with Crippen LogP contribution in [0.4, 0.5) is 4.79 Å². The summed E-state index contributed by atoms with van der Waals surface area (Å²) in [4.78, 5) is 26.1. The molecule has 1 aliphatic heterocycles. The van der Waals surface area contributed by atoms with Crippen LogP contribution >= 0.6 is 0 Å². The van der Waals surface area contributed by atoms with E-state index >= 15 is 0 Å². The van der Waals surface area contributed by atoms with Gasteiger partial charge in [-0.05, 0) is 35.7 Å². The summed E-state index contributed by atoms with van der Waals surface area (Å²) in [6.07, 6.45) is 0. The minimum absolute atomic E-state index is 0.0408. The number of aryl methyl sites for hydroxylation is 1. The van der Waals surface area contributed by atoms with E-state index < -0.39 is 0 Å². The smallest absolute Gasteiger partial charge is 0.317 e. The van der Waals surface area contributed by atoms with E-state index in [4.69, 9.17) is 4.74 Å². The highest BCUT2D eigenvalue weighted by atomic mass is 16.5. The maximum Gasteiger partial charge on any atom is 0.317 e. The van der Waals surface area contributed by atoms with Crippen molar-refractivity contribution in [3.8, 4) is 5.75 Å². The Morgan fingerprint density at radius 3 is 2.46 bits per heavy atom. The first-order chi connectivity index (χ1) is 13.5. The fourth-order valence-electron chi connectivity index (χ4n) is 3.66. The number of carbonyl (C=O) groups is 2. The van der Waals surface area contributed by atoms with Crippen LogP contribution < -0.4 is 15.4 Å². The first kappa shape index (κ1) is 19.7. The molecule has 2 aromatic rings. The standard InChI is InChI=1S/C22H27N3O3/c1-15-6-4-5-7-18(15)12-23-22(27)25-13-20(21(14-25)24-16(2)26)17-8-10-19(28-3)11-9-17/h4-11,20-21H,12-14H2,1-3H3,(H,23,27)(H,24,26)/t20-,21+/m0/s1. The van der Waals surface area contributed by atoms with E-state index in [0.29, 0.717) is 19.6 Å². The molecule has 0 aromatic heterocycles. The second-order valence-electron chi connectivity index (χ2n) is 7.18. The molecule has 0 radical (unpaired) electrons. The first-order valence-electron chi connectivity index (χ1n) is 9.46. The summed E-state index contributed by atoms with van der Waals surface area (Å²) in [6.45, 7) is 5.06. The fourth-order valence-corrected chi connectivity index (χ4v) is 3.66. The minimum atomic E-state index is -0.116. The third-order valence-electron chi connectivity index (χ3n) is 5.23. The Balaban J connectivity index is 1.69. The first-order valence-corrected chi connectivity index (χ1v) is 9.46. The van der Waals surface area contributed by atoms with Gasteiger partial charge in [-0.3, -0.25) is 4.79 Å². The van der Waals surface area contributed by atoms with Crippen LogP contribution in [-0.2, 0) is 11.3 Å². The van der Waals surface area contributed by atoms with Crippen molar-refractivity contribution in [1.82, 2.24) is 15.5 Å². The second kappa shape index (κ2) is 8.78. The van der Waals surface area contributed by atoms with Gasteiger partial charge in [0.2, 0.25) is 5.91 Å². The lowest BCUT2D eigenvalue weighted by molar-refractivity contribution is -0.119. The molecule has 0 bridgehead atoms. The lowest BCUT2D eigenvalue weighted by Crippen LogP contribution is -2.41. The van der Waals surface area contributed by atoms with E-state index in [1.807, 2.05) is 55.5 Å². The summed E-state index contributed by atoms with van der Waals surface area (Å²) in [5.74, 6) is 0.732. The molecule has 148 valence electrons. The van der Waals surface area contributed by atoms with Crippen molar-refractivity contribution < 1.29 is 14.3 Å². The quantitative estimate of drug-likeness (QED) is 0.837. The summed E-state index contributed by atoms with van der Waals surface area (Å²) in [5.41, 5.74) is 3.32. The van der Waals surface area contributed by atoms with Crippen molar-refractivity contribution in [3.63, 3.8) is 0 Å². The fraction of sp³-hybridized carbons (Fsp3) is 0.364. The molecule has 0 aliphatic carbocycles. The summed E-state index contributed by atoms with van der Waals surface area (Å²) in [7, 11) is 1.63. The van der Waals surface area contributed by atoms with Crippen LogP contribution in [0.15, 0.2) is 48.5 Å². The number of nitrogens with one attached hydrogen (secondary N) is 2. The van der Waals surface area contributed by atoms with Crippen LogP contribution in [0.25, 0.3) is 0 Å². The maximum atomic E-state index is 12.7. The zero-order valence-corrected chi connectivity index (χ0v) is 16.6. The predicted octanol–water partition coefficient (Wildman–Crippen LogP) is 2.82. The van der Waals surface area contributed by atoms with Crippen molar-refractivity contribution in [2.45, 2.75) is 32.4 Å². The molecular formula is C22H27N3O3. The number of carbonyl (C=O) groups excluding carboxylic acids is 2. The monoisotopic (exact) mass is 381 g/mol. The van der Waals surface area contributed by atoms with E-state index in [1.165, 1.54) is 6.92 Å². The third-order valence-corrected chi connectivity index (χ3v) is 5.23. The number of amides is 3. The highest BCUT2D eigenvalue weighted by Crippen LogP contribution is 2.29. The Kier molecular flexibility index (Phi) is 6.19. The molecule has 28 heavy (non-hydrogen) atoms. The molecule has 1 fully saturated rings. The van der Waals surface area contributed by atoms with Gasteiger partial charge in [0.05, 0.1) is 13.2 Å². The van der Waals surface area contributed by atoms with Crippen LogP contribution in [0.1, 0.15) is 29.5 Å². The molecule has 6 nitrogen and oxygen atoms in total. The highest BCUT2D eigenvalue weighted by molar-refractivity contribution is 5.76. The van der Waals surface area contributed by atoms with Gasteiger partial charge in [-0.25, -0.2) is 4.79 Å². The molecule has 3 rings (SSSR count). The van der Waals surface area contributed by atoms with Crippen molar-refractivity contribution in [3.05, 3.63) is 65.2 Å².